The summed E-state index contributed by atoms with van der Waals surface area (Å²) in [5.41, 5.74) is 1.03. The van der Waals surface area contributed by atoms with Gasteiger partial charge in [0.15, 0.2) is 6.10 Å². The number of ether oxygens (including phenoxy) is 2. The first-order valence-corrected chi connectivity index (χ1v) is 10.7. The van der Waals surface area contributed by atoms with Crippen LogP contribution in [0, 0.1) is 5.82 Å². The number of thiophene rings is 1. The molecule has 2 aromatic carbocycles. The number of hydrogen-bond donors (Lipinski definition) is 1. The minimum absolute atomic E-state index is 0.155. The van der Waals surface area contributed by atoms with Gasteiger partial charge >= 0.3 is 5.97 Å². The van der Waals surface area contributed by atoms with Crippen molar-refractivity contribution in [1.82, 2.24) is 5.32 Å². The summed E-state index contributed by atoms with van der Waals surface area (Å²) in [7, 11) is 0. The molecule has 1 heterocycles. The van der Waals surface area contributed by atoms with Crippen LogP contribution in [0.15, 0.2) is 60.7 Å². The third-order valence-electron chi connectivity index (χ3n) is 4.46. The second-order valence-electron chi connectivity index (χ2n) is 7.03. The van der Waals surface area contributed by atoms with Gasteiger partial charge in [-0.05, 0) is 55.0 Å². The summed E-state index contributed by atoms with van der Waals surface area (Å²) in [5.74, 6) is -0.996. The molecule has 0 bridgehead atoms. The van der Waals surface area contributed by atoms with Crippen LogP contribution in [0.3, 0.4) is 0 Å². The Kier molecular flexibility index (Phi) is 7.72. The van der Waals surface area contributed by atoms with Crippen LogP contribution in [0.1, 0.15) is 44.3 Å². The van der Waals surface area contributed by atoms with Gasteiger partial charge in [0.2, 0.25) is 11.7 Å². The lowest BCUT2D eigenvalue weighted by atomic mass is 10.2. The minimum Gasteiger partial charge on any atom is -0.489 e. The molecule has 166 valence electrons. The first-order valence-electron chi connectivity index (χ1n) is 9.87. The lowest BCUT2D eigenvalue weighted by molar-refractivity contribution is -0.119. The Hall–Kier alpha value is -3.52. The lowest BCUT2D eigenvalue weighted by Gasteiger charge is -2.12. The fourth-order valence-electron chi connectivity index (χ4n) is 2.76. The summed E-state index contributed by atoms with van der Waals surface area (Å²) in [4.78, 5) is 37.4. The molecule has 0 saturated heterocycles. The van der Waals surface area contributed by atoms with Crippen molar-refractivity contribution in [2.75, 3.05) is 0 Å². The van der Waals surface area contributed by atoms with Crippen molar-refractivity contribution < 1.29 is 28.2 Å². The summed E-state index contributed by atoms with van der Waals surface area (Å²) in [6, 6.07) is 15.8. The Morgan fingerprint density at radius 2 is 1.81 bits per heavy atom. The summed E-state index contributed by atoms with van der Waals surface area (Å²) >= 11 is 1.24. The van der Waals surface area contributed by atoms with Crippen molar-refractivity contribution in [3.05, 3.63) is 87.4 Å². The first-order chi connectivity index (χ1) is 15.3. The highest BCUT2D eigenvalue weighted by atomic mass is 32.1. The zero-order chi connectivity index (χ0) is 23.1. The minimum atomic E-state index is -0.974. The number of nitrogens with one attached hydrogen (secondary N) is 1. The zero-order valence-corrected chi connectivity index (χ0v) is 18.4. The highest BCUT2D eigenvalue weighted by molar-refractivity contribution is 7.14. The monoisotopic (exact) mass is 455 g/mol. The summed E-state index contributed by atoms with van der Waals surface area (Å²) < 4.78 is 24.0. The van der Waals surface area contributed by atoms with E-state index in [0.717, 1.165) is 10.4 Å². The number of hydrogen-bond acceptors (Lipinski definition) is 6. The molecule has 0 aliphatic carbocycles. The molecule has 32 heavy (non-hydrogen) atoms. The highest BCUT2D eigenvalue weighted by Crippen LogP contribution is 2.21. The van der Waals surface area contributed by atoms with E-state index < -0.39 is 12.1 Å². The topological polar surface area (TPSA) is 81.7 Å². The van der Waals surface area contributed by atoms with Crippen LogP contribution in [0.2, 0.25) is 0 Å². The van der Waals surface area contributed by atoms with Gasteiger partial charge in [0.25, 0.3) is 0 Å². The number of amides is 1. The number of esters is 1. The van der Waals surface area contributed by atoms with Gasteiger partial charge in [0.05, 0.1) is 17.0 Å². The van der Waals surface area contributed by atoms with Gasteiger partial charge in [-0.25, -0.2) is 9.18 Å². The molecule has 6 nitrogen and oxygen atoms in total. The lowest BCUT2D eigenvalue weighted by Crippen LogP contribution is -2.23. The number of ketones is 1. The molecule has 1 unspecified atom stereocenters. The number of rotatable bonds is 9. The Labute approximate surface area is 189 Å². The Morgan fingerprint density at radius 3 is 2.53 bits per heavy atom. The summed E-state index contributed by atoms with van der Waals surface area (Å²) in [6.45, 7) is 3.49. The molecule has 0 spiro atoms. The van der Waals surface area contributed by atoms with Crippen LogP contribution >= 0.6 is 11.3 Å². The fourth-order valence-corrected chi connectivity index (χ4v) is 3.73. The average molecular weight is 456 g/mol. The molecule has 0 aliphatic heterocycles. The largest absolute Gasteiger partial charge is 0.489 e. The van der Waals surface area contributed by atoms with Gasteiger partial charge < -0.3 is 14.8 Å². The van der Waals surface area contributed by atoms with Crippen LogP contribution in [0.5, 0.6) is 5.75 Å². The van der Waals surface area contributed by atoms with Gasteiger partial charge in [-0.1, -0.05) is 18.2 Å². The molecule has 3 rings (SSSR count). The fraction of sp³-hybridized carbons (Fsp3) is 0.208. The van der Waals surface area contributed by atoms with Crippen molar-refractivity contribution in [3.8, 4) is 5.75 Å². The molecule has 0 radical (unpaired) electrons. The zero-order valence-electron chi connectivity index (χ0n) is 17.6. The molecule has 1 N–H and O–H groups in total. The second-order valence-corrected chi connectivity index (χ2v) is 8.20. The van der Waals surface area contributed by atoms with Crippen LogP contribution in [-0.4, -0.2) is 23.8 Å². The molecule has 0 saturated carbocycles. The SMILES string of the molecule is CC(=O)NCc1ccc(C(=O)C(C)OC(=O)c2cccc(OCc3ccc(F)cc3)c2)s1. The number of benzene rings is 2. The number of halogens is 1. The molecule has 1 amide bonds. The van der Waals surface area contributed by atoms with E-state index in [9.17, 15) is 18.8 Å². The van der Waals surface area contributed by atoms with E-state index in [-0.39, 0.29) is 29.7 Å². The Morgan fingerprint density at radius 1 is 1.06 bits per heavy atom. The predicted octanol–water partition coefficient (Wildman–Crippen LogP) is 4.53. The molecule has 0 fully saturated rings. The van der Waals surface area contributed by atoms with Gasteiger partial charge in [0.1, 0.15) is 18.2 Å². The van der Waals surface area contributed by atoms with E-state index in [0.29, 0.717) is 17.2 Å². The average Bonchev–Trinajstić information content (AvgIpc) is 3.26. The van der Waals surface area contributed by atoms with E-state index in [1.165, 1.54) is 43.4 Å². The van der Waals surface area contributed by atoms with E-state index in [2.05, 4.69) is 5.32 Å². The predicted molar refractivity (Wildman–Crippen MR) is 118 cm³/mol. The van der Waals surface area contributed by atoms with E-state index in [1.807, 2.05) is 0 Å². The van der Waals surface area contributed by atoms with E-state index >= 15 is 0 Å². The standard InChI is InChI=1S/C24H22FNO5S/c1-15(23(28)22-11-10-21(32-22)13-26-16(2)27)31-24(29)18-4-3-5-20(12-18)30-14-17-6-8-19(25)9-7-17/h3-12,15H,13-14H2,1-2H3,(H,26,27). The maximum absolute atomic E-state index is 13.0. The highest BCUT2D eigenvalue weighted by Gasteiger charge is 2.22. The number of carbonyl (C=O) groups excluding carboxylic acids is 3. The molecule has 1 atom stereocenters. The van der Waals surface area contributed by atoms with Crippen LogP contribution < -0.4 is 10.1 Å². The van der Waals surface area contributed by atoms with Crippen LogP contribution in [0.4, 0.5) is 4.39 Å². The van der Waals surface area contributed by atoms with E-state index in [1.54, 1.807) is 42.5 Å². The first kappa shape index (κ1) is 23.1. The molecule has 0 aliphatic rings. The van der Waals surface area contributed by atoms with Crippen molar-refractivity contribution in [2.24, 2.45) is 0 Å². The normalized spacial score (nSPS) is 11.5. The quantitative estimate of drug-likeness (QED) is 0.379. The summed E-state index contributed by atoms with van der Waals surface area (Å²) in [5, 5.41) is 2.67. The third kappa shape index (κ3) is 6.49. The molecule has 1 aromatic heterocycles. The maximum atomic E-state index is 13.0. The second kappa shape index (κ2) is 10.7. The molecular weight excluding hydrogens is 433 g/mol. The maximum Gasteiger partial charge on any atom is 0.338 e. The van der Waals surface area contributed by atoms with Crippen molar-refractivity contribution in [3.63, 3.8) is 0 Å². The van der Waals surface area contributed by atoms with Gasteiger partial charge in [0, 0.05) is 11.8 Å². The Bertz CT molecular complexity index is 1110. The van der Waals surface area contributed by atoms with Crippen molar-refractivity contribution in [1.29, 1.82) is 0 Å². The molecular formula is C24H22FNO5S. The van der Waals surface area contributed by atoms with Crippen LogP contribution in [-0.2, 0) is 22.7 Å². The number of Topliss-reactive ketones (excluding diaryl/α,β-unsaturated/α-hetero) is 1. The van der Waals surface area contributed by atoms with Crippen molar-refractivity contribution >= 4 is 29.0 Å². The molecule has 8 heteroatoms. The van der Waals surface area contributed by atoms with Crippen LogP contribution in [0.25, 0.3) is 0 Å². The molecule has 3 aromatic rings. The van der Waals surface area contributed by atoms with Gasteiger partial charge in [-0.15, -0.1) is 11.3 Å². The third-order valence-corrected chi connectivity index (χ3v) is 5.56. The van der Waals surface area contributed by atoms with Crippen molar-refractivity contribution in [2.45, 2.75) is 33.1 Å². The van der Waals surface area contributed by atoms with Gasteiger partial charge in [-0.3, -0.25) is 9.59 Å². The summed E-state index contributed by atoms with van der Waals surface area (Å²) in [6.07, 6.45) is -0.974. The Balaban J connectivity index is 1.57. The smallest absolute Gasteiger partial charge is 0.338 e. The van der Waals surface area contributed by atoms with Gasteiger partial charge in [-0.2, -0.15) is 0 Å². The van der Waals surface area contributed by atoms with E-state index in [4.69, 9.17) is 9.47 Å². The number of carbonyl (C=O) groups is 3.